The van der Waals surface area contributed by atoms with Crippen molar-refractivity contribution in [3.05, 3.63) is 35.1 Å². The first kappa shape index (κ1) is 15.9. The summed E-state index contributed by atoms with van der Waals surface area (Å²) in [6, 6.07) is 4.62. The summed E-state index contributed by atoms with van der Waals surface area (Å²) >= 11 is 3.27. The van der Waals surface area contributed by atoms with Gasteiger partial charge in [0.05, 0.1) is 22.7 Å². The Hall–Kier alpha value is -1.45. The smallest absolute Gasteiger partial charge is 0.240 e. The van der Waals surface area contributed by atoms with Crippen LogP contribution in [0.5, 0.6) is 5.75 Å². The molecule has 1 heterocycles. The minimum atomic E-state index is -3.53. The van der Waals surface area contributed by atoms with Gasteiger partial charge in [-0.2, -0.15) is 0 Å². The van der Waals surface area contributed by atoms with E-state index < -0.39 is 10.0 Å². The average molecular weight is 375 g/mol. The number of benzene rings is 1. The third kappa shape index (κ3) is 4.26. The van der Waals surface area contributed by atoms with Crippen LogP contribution in [-0.2, 0) is 16.6 Å². The van der Waals surface area contributed by atoms with Crippen LogP contribution in [0, 0.1) is 0 Å². The maximum atomic E-state index is 12.1. The second kappa shape index (κ2) is 7.01. The topological polar surface area (TPSA) is 86.1 Å². The average Bonchev–Trinajstić information content (AvgIpc) is 2.97. The van der Waals surface area contributed by atoms with Gasteiger partial charge in [0.2, 0.25) is 10.0 Å². The zero-order chi connectivity index (χ0) is 15.3. The van der Waals surface area contributed by atoms with Gasteiger partial charge in [-0.25, -0.2) is 13.1 Å². The van der Waals surface area contributed by atoms with Gasteiger partial charge in [-0.15, -0.1) is 5.10 Å². The number of hydrogen-bond donors (Lipinski definition) is 1. The van der Waals surface area contributed by atoms with Crippen LogP contribution in [0.25, 0.3) is 0 Å². The molecule has 0 radical (unpaired) electrons. The number of nitrogens with one attached hydrogen (secondary N) is 1. The van der Waals surface area contributed by atoms with Gasteiger partial charge in [0.1, 0.15) is 5.75 Å². The highest BCUT2D eigenvalue weighted by atomic mass is 79.9. The molecule has 0 bridgehead atoms. The Bertz CT molecular complexity index is 689. The predicted octanol–water partition coefficient (Wildman–Crippen LogP) is 1.42. The summed E-state index contributed by atoms with van der Waals surface area (Å²) in [5.74, 6) is 0.583. The van der Waals surface area contributed by atoms with Crippen molar-refractivity contribution >= 4 is 26.0 Å². The van der Waals surface area contributed by atoms with E-state index >= 15 is 0 Å². The standard InChI is InChI=1S/C12H15BrN4O3S/c1-20-12-4-3-10(9-11(12)13)21(18,19)15-5-2-7-17-8-6-14-16-17/h3-4,6,8-9,15H,2,5,7H2,1H3. The summed E-state index contributed by atoms with van der Waals surface area (Å²) < 4.78 is 34.1. The number of nitrogens with zero attached hydrogens (tertiary/aromatic N) is 3. The fourth-order valence-corrected chi connectivity index (χ4v) is 3.49. The van der Waals surface area contributed by atoms with Gasteiger partial charge in [0, 0.05) is 19.3 Å². The van der Waals surface area contributed by atoms with E-state index in [0.717, 1.165) is 0 Å². The molecule has 1 N–H and O–H groups in total. The summed E-state index contributed by atoms with van der Waals surface area (Å²) in [4.78, 5) is 0.191. The van der Waals surface area contributed by atoms with Crippen molar-refractivity contribution in [1.82, 2.24) is 19.7 Å². The first-order valence-electron chi connectivity index (χ1n) is 6.20. The zero-order valence-corrected chi connectivity index (χ0v) is 13.8. The number of sulfonamides is 1. The number of ether oxygens (including phenoxy) is 1. The molecule has 0 saturated carbocycles. The lowest BCUT2D eigenvalue weighted by molar-refractivity contribution is 0.411. The van der Waals surface area contributed by atoms with Crippen LogP contribution >= 0.6 is 15.9 Å². The quantitative estimate of drug-likeness (QED) is 0.740. The van der Waals surface area contributed by atoms with Gasteiger partial charge < -0.3 is 4.74 Å². The fraction of sp³-hybridized carbons (Fsp3) is 0.333. The van der Waals surface area contributed by atoms with Crippen LogP contribution in [0.4, 0.5) is 0 Å². The molecule has 0 aliphatic carbocycles. The second-order valence-corrected chi connectivity index (χ2v) is 6.84. The van der Waals surface area contributed by atoms with E-state index in [9.17, 15) is 8.42 Å². The van der Waals surface area contributed by atoms with Gasteiger partial charge >= 0.3 is 0 Å². The van der Waals surface area contributed by atoms with E-state index in [1.54, 1.807) is 23.1 Å². The van der Waals surface area contributed by atoms with Crippen LogP contribution in [0.3, 0.4) is 0 Å². The van der Waals surface area contributed by atoms with E-state index in [1.165, 1.54) is 19.2 Å². The van der Waals surface area contributed by atoms with Crippen LogP contribution in [-0.4, -0.2) is 37.1 Å². The molecule has 114 valence electrons. The maximum absolute atomic E-state index is 12.1. The lowest BCUT2D eigenvalue weighted by Gasteiger charge is -2.09. The first-order valence-corrected chi connectivity index (χ1v) is 8.48. The molecule has 0 aliphatic heterocycles. The summed E-state index contributed by atoms with van der Waals surface area (Å²) in [6.45, 7) is 0.931. The monoisotopic (exact) mass is 374 g/mol. The molecule has 7 nitrogen and oxygen atoms in total. The first-order chi connectivity index (χ1) is 10.0. The molecule has 0 fully saturated rings. The molecule has 0 spiro atoms. The van der Waals surface area contributed by atoms with Gasteiger partial charge in [0.25, 0.3) is 0 Å². The van der Waals surface area contributed by atoms with Crippen molar-refractivity contribution < 1.29 is 13.2 Å². The lowest BCUT2D eigenvalue weighted by Crippen LogP contribution is -2.25. The summed E-state index contributed by atoms with van der Waals surface area (Å²) in [7, 11) is -2.01. The number of aryl methyl sites for hydroxylation is 1. The highest BCUT2D eigenvalue weighted by Crippen LogP contribution is 2.27. The lowest BCUT2D eigenvalue weighted by atomic mass is 10.3. The van der Waals surface area contributed by atoms with Crippen LogP contribution in [0.15, 0.2) is 40.0 Å². The summed E-state index contributed by atoms with van der Waals surface area (Å²) in [6.07, 6.45) is 3.94. The number of methoxy groups -OCH3 is 1. The highest BCUT2D eigenvalue weighted by Gasteiger charge is 2.15. The highest BCUT2D eigenvalue weighted by molar-refractivity contribution is 9.10. The fourth-order valence-electron chi connectivity index (χ4n) is 1.70. The summed E-state index contributed by atoms with van der Waals surface area (Å²) in [5, 5.41) is 7.49. The van der Waals surface area contributed by atoms with Crippen molar-refractivity contribution in [1.29, 1.82) is 0 Å². The number of aromatic nitrogens is 3. The Morgan fingerprint density at radius 2 is 2.24 bits per heavy atom. The molecule has 1 aromatic heterocycles. The van der Waals surface area contributed by atoms with Crippen molar-refractivity contribution in [3.63, 3.8) is 0 Å². The van der Waals surface area contributed by atoms with Crippen molar-refractivity contribution in [2.24, 2.45) is 0 Å². The van der Waals surface area contributed by atoms with Crippen molar-refractivity contribution in [2.75, 3.05) is 13.7 Å². The van der Waals surface area contributed by atoms with Crippen LogP contribution in [0.1, 0.15) is 6.42 Å². The molecule has 0 amide bonds. The molecule has 9 heteroatoms. The molecule has 0 unspecified atom stereocenters. The molecular weight excluding hydrogens is 360 g/mol. The minimum Gasteiger partial charge on any atom is -0.496 e. The zero-order valence-electron chi connectivity index (χ0n) is 11.4. The number of halogens is 1. The van der Waals surface area contributed by atoms with E-state index in [1.807, 2.05) is 0 Å². The van der Waals surface area contributed by atoms with Gasteiger partial charge in [-0.05, 0) is 40.5 Å². The molecule has 1 aromatic carbocycles. The summed E-state index contributed by atoms with van der Waals surface area (Å²) in [5.41, 5.74) is 0. The molecule has 2 aromatic rings. The van der Waals surface area contributed by atoms with E-state index in [-0.39, 0.29) is 4.90 Å². The predicted molar refractivity (Wildman–Crippen MR) is 80.5 cm³/mol. The van der Waals surface area contributed by atoms with Crippen LogP contribution in [0.2, 0.25) is 0 Å². The van der Waals surface area contributed by atoms with Gasteiger partial charge in [-0.1, -0.05) is 5.21 Å². The molecule has 0 atom stereocenters. The van der Waals surface area contributed by atoms with E-state index in [0.29, 0.717) is 29.7 Å². The molecule has 21 heavy (non-hydrogen) atoms. The van der Waals surface area contributed by atoms with Crippen molar-refractivity contribution in [3.8, 4) is 5.75 Å². The number of rotatable bonds is 7. The number of hydrogen-bond acceptors (Lipinski definition) is 5. The second-order valence-electron chi connectivity index (χ2n) is 4.21. The molecule has 2 rings (SSSR count). The Kier molecular flexibility index (Phi) is 5.32. The van der Waals surface area contributed by atoms with E-state index in [2.05, 4.69) is 31.0 Å². The minimum absolute atomic E-state index is 0.191. The van der Waals surface area contributed by atoms with Gasteiger partial charge in [-0.3, -0.25) is 4.68 Å². The SMILES string of the molecule is COc1ccc(S(=O)(=O)NCCCn2ccnn2)cc1Br. The third-order valence-corrected chi connectivity index (χ3v) is 4.84. The Morgan fingerprint density at radius 3 is 2.86 bits per heavy atom. The largest absolute Gasteiger partial charge is 0.496 e. The maximum Gasteiger partial charge on any atom is 0.240 e. The molecule has 0 saturated heterocycles. The Morgan fingerprint density at radius 1 is 1.43 bits per heavy atom. The molecular formula is C12H15BrN4O3S. The normalized spacial score (nSPS) is 11.5. The van der Waals surface area contributed by atoms with E-state index in [4.69, 9.17) is 4.74 Å². The third-order valence-electron chi connectivity index (χ3n) is 2.76. The Balaban J connectivity index is 1.93. The molecule has 0 aliphatic rings. The van der Waals surface area contributed by atoms with Gasteiger partial charge in [0.15, 0.2) is 0 Å². The van der Waals surface area contributed by atoms with Crippen molar-refractivity contribution in [2.45, 2.75) is 17.9 Å². The Labute approximate surface area is 131 Å². The van der Waals surface area contributed by atoms with Crippen LogP contribution < -0.4 is 9.46 Å².